The largest absolute Gasteiger partial charge is 0.493 e. The number of methoxy groups -OCH3 is 1. The van der Waals surface area contributed by atoms with E-state index in [1.54, 1.807) is 7.11 Å². The molecule has 2 rings (SSSR count). The van der Waals surface area contributed by atoms with Crippen LogP contribution in [-0.4, -0.2) is 32.2 Å². The number of nitrogens with one attached hydrogen (secondary N) is 2. The van der Waals surface area contributed by atoms with Gasteiger partial charge in [-0.2, -0.15) is 0 Å². The van der Waals surface area contributed by atoms with Crippen molar-refractivity contribution in [1.82, 2.24) is 10.6 Å². The summed E-state index contributed by atoms with van der Waals surface area (Å²) >= 11 is 0. The Labute approximate surface area is 168 Å². The van der Waals surface area contributed by atoms with Crippen molar-refractivity contribution < 1.29 is 14.3 Å². The minimum Gasteiger partial charge on any atom is -0.493 e. The van der Waals surface area contributed by atoms with Gasteiger partial charge in [0.15, 0.2) is 18.1 Å². The summed E-state index contributed by atoms with van der Waals surface area (Å²) in [5.74, 6) is 1.06. The average Bonchev–Trinajstić information content (AvgIpc) is 2.67. The van der Waals surface area contributed by atoms with Crippen molar-refractivity contribution in [3.8, 4) is 11.5 Å². The van der Waals surface area contributed by atoms with E-state index in [0.717, 1.165) is 18.5 Å². The molecule has 0 spiro atoms. The molecule has 5 heteroatoms. The first kappa shape index (κ1) is 21.8. The van der Waals surface area contributed by atoms with E-state index in [0.29, 0.717) is 24.1 Å². The highest BCUT2D eigenvalue weighted by molar-refractivity contribution is 5.77. The topological polar surface area (TPSA) is 59.6 Å². The summed E-state index contributed by atoms with van der Waals surface area (Å²) in [7, 11) is 1.61. The van der Waals surface area contributed by atoms with Gasteiger partial charge in [0.25, 0.3) is 5.91 Å². The number of carbonyl (C=O) groups excluding carboxylic acids is 1. The Morgan fingerprint density at radius 1 is 1.11 bits per heavy atom. The Kier molecular flexibility index (Phi) is 8.33. The molecule has 0 saturated carbocycles. The van der Waals surface area contributed by atoms with Crippen LogP contribution in [0.3, 0.4) is 0 Å². The lowest BCUT2D eigenvalue weighted by Gasteiger charge is -2.17. The lowest BCUT2D eigenvalue weighted by Crippen LogP contribution is -2.28. The monoisotopic (exact) mass is 384 g/mol. The highest BCUT2D eigenvalue weighted by atomic mass is 16.5. The van der Waals surface area contributed by atoms with Crippen LogP contribution in [0.5, 0.6) is 11.5 Å². The lowest BCUT2D eigenvalue weighted by molar-refractivity contribution is -0.123. The zero-order valence-corrected chi connectivity index (χ0v) is 17.6. The van der Waals surface area contributed by atoms with Crippen molar-refractivity contribution in [2.75, 3.05) is 20.3 Å². The number of hydrogen-bond donors (Lipinski definition) is 2. The maximum atomic E-state index is 11.6. The zero-order valence-electron chi connectivity index (χ0n) is 17.6. The van der Waals surface area contributed by atoms with Gasteiger partial charge in [0.2, 0.25) is 0 Å². The van der Waals surface area contributed by atoms with Crippen LogP contribution in [0.2, 0.25) is 0 Å². The number of aryl methyl sites for hydroxylation is 2. The van der Waals surface area contributed by atoms with Gasteiger partial charge in [0.1, 0.15) is 0 Å². The number of ether oxygens (including phenoxy) is 2. The predicted molar refractivity (Wildman–Crippen MR) is 113 cm³/mol. The van der Waals surface area contributed by atoms with Crippen molar-refractivity contribution in [3.63, 3.8) is 0 Å². The predicted octanol–water partition coefficient (Wildman–Crippen LogP) is 3.55. The fourth-order valence-electron chi connectivity index (χ4n) is 3.10. The summed E-state index contributed by atoms with van der Waals surface area (Å²) in [5.41, 5.74) is 5.11. The van der Waals surface area contributed by atoms with Gasteiger partial charge < -0.3 is 20.1 Å². The van der Waals surface area contributed by atoms with E-state index in [1.807, 2.05) is 25.1 Å². The van der Waals surface area contributed by atoms with E-state index < -0.39 is 0 Å². The standard InChI is InChI=1S/C23H32N2O3/c1-6-24-23(26)15-28-21-10-8-19(13-22(21)27-5)14-25-18(4)12-20-9-7-16(2)11-17(20)3/h7-11,13,18,25H,6,12,14-15H2,1-5H3,(H,24,26). The first-order valence-corrected chi connectivity index (χ1v) is 9.78. The van der Waals surface area contributed by atoms with Crippen molar-refractivity contribution in [2.45, 2.75) is 46.7 Å². The minimum absolute atomic E-state index is 0.0191. The minimum atomic E-state index is -0.143. The van der Waals surface area contributed by atoms with Gasteiger partial charge in [0, 0.05) is 19.1 Å². The maximum Gasteiger partial charge on any atom is 0.257 e. The van der Waals surface area contributed by atoms with Crippen LogP contribution in [0.25, 0.3) is 0 Å². The molecule has 0 aliphatic carbocycles. The molecule has 0 bridgehead atoms. The number of carbonyl (C=O) groups is 1. The van der Waals surface area contributed by atoms with Crippen LogP contribution >= 0.6 is 0 Å². The van der Waals surface area contributed by atoms with Crippen LogP contribution in [0.15, 0.2) is 36.4 Å². The second-order valence-electron chi connectivity index (χ2n) is 7.14. The molecule has 0 heterocycles. The fraction of sp³-hybridized carbons (Fsp3) is 0.435. The molecule has 1 atom stereocenters. The van der Waals surface area contributed by atoms with Crippen LogP contribution < -0.4 is 20.1 Å². The first-order valence-electron chi connectivity index (χ1n) is 9.78. The molecule has 2 aromatic carbocycles. The molecule has 2 aromatic rings. The Balaban J connectivity index is 1.91. The van der Waals surface area contributed by atoms with Gasteiger partial charge in [-0.1, -0.05) is 29.8 Å². The molecule has 0 saturated heterocycles. The van der Waals surface area contributed by atoms with Gasteiger partial charge >= 0.3 is 0 Å². The van der Waals surface area contributed by atoms with E-state index in [1.165, 1.54) is 16.7 Å². The van der Waals surface area contributed by atoms with Crippen molar-refractivity contribution in [1.29, 1.82) is 0 Å². The highest BCUT2D eigenvalue weighted by Gasteiger charge is 2.10. The quantitative estimate of drug-likeness (QED) is 0.658. The molecule has 2 N–H and O–H groups in total. The van der Waals surface area contributed by atoms with Crippen molar-refractivity contribution in [2.24, 2.45) is 0 Å². The number of benzene rings is 2. The molecular formula is C23H32N2O3. The first-order chi connectivity index (χ1) is 13.4. The van der Waals surface area contributed by atoms with Crippen LogP contribution in [0, 0.1) is 13.8 Å². The van der Waals surface area contributed by atoms with Crippen molar-refractivity contribution >= 4 is 5.91 Å². The summed E-state index contributed by atoms with van der Waals surface area (Å²) in [6.45, 7) is 9.66. The summed E-state index contributed by atoms with van der Waals surface area (Å²) in [6, 6.07) is 12.7. The molecule has 0 aromatic heterocycles. The third-order valence-corrected chi connectivity index (χ3v) is 4.64. The maximum absolute atomic E-state index is 11.6. The molecule has 1 unspecified atom stereocenters. The Morgan fingerprint density at radius 2 is 1.89 bits per heavy atom. The van der Waals surface area contributed by atoms with Gasteiger partial charge in [-0.15, -0.1) is 0 Å². The van der Waals surface area contributed by atoms with E-state index in [4.69, 9.17) is 9.47 Å². The number of hydrogen-bond acceptors (Lipinski definition) is 4. The van der Waals surface area contributed by atoms with Gasteiger partial charge in [0.05, 0.1) is 7.11 Å². The van der Waals surface area contributed by atoms with Crippen molar-refractivity contribution in [3.05, 3.63) is 58.7 Å². The lowest BCUT2D eigenvalue weighted by atomic mass is 10.00. The second kappa shape index (κ2) is 10.7. The van der Waals surface area contributed by atoms with E-state index >= 15 is 0 Å². The average molecular weight is 385 g/mol. The number of likely N-dealkylation sites (N-methyl/N-ethyl adjacent to an activating group) is 1. The molecule has 0 fully saturated rings. The van der Waals surface area contributed by atoms with E-state index in [9.17, 15) is 4.79 Å². The Bertz CT molecular complexity index is 789. The molecule has 0 aliphatic rings. The second-order valence-corrected chi connectivity index (χ2v) is 7.14. The Hall–Kier alpha value is -2.53. The van der Waals surface area contributed by atoms with Gasteiger partial charge in [-0.3, -0.25) is 4.79 Å². The molecule has 1 amide bonds. The smallest absolute Gasteiger partial charge is 0.257 e. The Morgan fingerprint density at radius 3 is 2.57 bits per heavy atom. The van der Waals surface area contributed by atoms with Crippen LogP contribution in [0.1, 0.15) is 36.1 Å². The van der Waals surface area contributed by atoms with Gasteiger partial charge in [-0.05, 0) is 62.9 Å². The number of amides is 1. The molecule has 0 aliphatic heterocycles. The molecule has 5 nitrogen and oxygen atoms in total. The SMILES string of the molecule is CCNC(=O)COc1ccc(CNC(C)Cc2ccc(C)cc2C)cc1OC. The van der Waals surface area contributed by atoms with E-state index in [2.05, 4.69) is 49.6 Å². The highest BCUT2D eigenvalue weighted by Crippen LogP contribution is 2.28. The molecule has 152 valence electrons. The zero-order chi connectivity index (χ0) is 20.5. The van der Waals surface area contributed by atoms with Gasteiger partial charge in [-0.25, -0.2) is 0 Å². The normalized spacial score (nSPS) is 11.8. The molecule has 28 heavy (non-hydrogen) atoms. The molecule has 0 radical (unpaired) electrons. The number of rotatable bonds is 10. The van der Waals surface area contributed by atoms with Crippen LogP contribution in [0.4, 0.5) is 0 Å². The third kappa shape index (κ3) is 6.57. The third-order valence-electron chi connectivity index (χ3n) is 4.64. The summed E-state index contributed by atoms with van der Waals surface area (Å²) in [4.78, 5) is 11.6. The summed E-state index contributed by atoms with van der Waals surface area (Å²) < 4.78 is 11.0. The van der Waals surface area contributed by atoms with E-state index in [-0.39, 0.29) is 12.5 Å². The summed E-state index contributed by atoms with van der Waals surface area (Å²) in [5, 5.41) is 6.28. The summed E-state index contributed by atoms with van der Waals surface area (Å²) in [6.07, 6.45) is 0.983. The fourth-order valence-corrected chi connectivity index (χ4v) is 3.10. The molecular weight excluding hydrogens is 352 g/mol. The van der Waals surface area contributed by atoms with Crippen LogP contribution in [-0.2, 0) is 17.8 Å².